The summed E-state index contributed by atoms with van der Waals surface area (Å²) >= 11 is 0. The summed E-state index contributed by atoms with van der Waals surface area (Å²) in [5, 5.41) is 2.97. The lowest BCUT2D eigenvalue weighted by atomic mass is 9.97. The molecule has 2 aromatic rings. The van der Waals surface area contributed by atoms with Gasteiger partial charge in [-0.15, -0.1) is 0 Å². The van der Waals surface area contributed by atoms with Crippen LogP contribution in [0, 0.1) is 5.92 Å². The van der Waals surface area contributed by atoms with Crippen molar-refractivity contribution in [1.82, 2.24) is 9.62 Å². The van der Waals surface area contributed by atoms with Crippen molar-refractivity contribution in [3.05, 3.63) is 54.1 Å². The first kappa shape index (κ1) is 23.7. The van der Waals surface area contributed by atoms with Gasteiger partial charge >= 0.3 is 0 Å². The van der Waals surface area contributed by atoms with E-state index < -0.39 is 10.0 Å². The lowest BCUT2D eigenvalue weighted by Gasteiger charge is -2.23. The van der Waals surface area contributed by atoms with Gasteiger partial charge in [0.1, 0.15) is 11.5 Å². The number of carbonyl (C=O) groups is 1. The van der Waals surface area contributed by atoms with E-state index in [0.717, 1.165) is 22.0 Å². The van der Waals surface area contributed by atoms with Crippen LogP contribution in [0.15, 0.2) is 53.4 Å². The average Bonchev–Trinajstić information content (AvgIpc) is 2.73. The Morgan fingerprint density at radius 1 is 0.967 bits per heavy atom. The average molecular weight is 435 g/mol. The number of likely N-dealkylation sites (N-methyl/N-ethyl adjacent to an activating group) is 1. The summed E-state index contributed by atoms with van der Waals surface area (Å²) < 4.78 is 36.8. The largest absolute Gasteiger partial charge is 0.497 e. The van der Waals surface area contributed by atoms with Crippen LogP contribution in [-0.4, -0.2) is 46.4 Å². The Morgan fingerprint density at radius 3 is 1.93 bits per heavy atom. The van der Waals surface area contributed by atoms with E-state index in [1.807, 2.05) is 24.3 Å². The topological polar surface area (TPSA) is 84.9 Å². The van der Waals surface area contributed by atoms with Crippen molar-refractivity contribution < 1.29 is 22.7 Å². The van der Waals surface area contributed by atoms with E-state index in [4.69, 9.17) is 9.47 Å². The number of methoxy groups -OCH3 is 2. The molecule has 164 valence electrons. The lowest BCUT2D eigenvalue weighted by Crippen LogP contribution is -2.40. The molecule has 0 aliphatic rings. The van der Waals surface area contributed by atoms with Gasteiger partial charge in [0.05, 0.1) is 31.7 Å². The fourth-order valence-corrected chi connectivity index (χ4v) is 4.17. The smallest absolute Gasteiger partial charge is 0.243 e. The van der Waals surface area contributed by atoms with Gasteiger partial charge in [0.15, 0.2) is 0 Å². The van der Waals surface area contributed by atoms with Crippen LogP contribution in [0.5, 0.6) is 11.5 Å². The molecule has 1 amide bonds. The highest BCUT2D eigenvalue weighted by Crippen LogP contribution is 2.24. The van der Waals surface area contributed by atoms with Gasteiger partial charge < -0.3 is 14.8 Å². The van der Waals surface area contributed by atoms with E-state index in [1.165, 1.54) is 26.3 Å². The van der Waals surface area contributed by atoms with E-state index in [1.54, 1.807) is 19.2 Å². The highest BCUT2D eigenvalue weighted by atomic mass is 32.2. The highest BCUT2D eigenvalue weighted by Gasteiger charge is 2.24. The number of nitrogens with one attached hydrogen (secondary N) is 1. The maximum atomic E-state index is 12.8. The van der Waals surface area contributed by atoms with Crippen molar-refractivity contribution in [3.63, 3.8) is 0 Å². The van der Waals surface area contributed by atoms with Crippen molar-refractivity contribution in [2.45, 2.75) is 31.2 Å². The number of hydrogen-bond donors (Lipinski definition) is 1. The number of benzene rings is 2. The zero-order chi connectivity index (χ0) is 22.3. The monoisotopic (exact) mass is 434 g/mol. The van der Waals surface area contributed by atoms with Gasteiger partial charge in [0.25, 0.3) is 0 Å². The van der Waals surface area contributed by atoms with Crippen LogP contribution in [-0.2, 0) is 14.8 Å². The Kier molecular flexibility index (Phi) is 8.25. The van der Waals surface area contributed by atoms with Gasteiger partial charge in [-0.05, 0) is 54.3 Å². The van der Waals surface area contributed by atoms with Crippen LogP contribution in [0.1, 0.15) is 31.9 Å². The normalized spacial score (nSPS) is 12.6. The molecule has 8 heteroatoms. The minimum Gasteiger partial charge on any atom is -0.497 e. The molecule has 0 aromatic heterocycles. The first-order chi connectivity index (χ1) is 14.2. The molecule has 0 heterocycles. The Hall–Kier alpha value is -2.58. The fraction of sp³-hybridized carbons (Fsp3) is 0.409. The van der Waals surface area contributed by atoms with Gasteiger partial charge in [-0.3, -0.25) is 4.79 Å². The fourth-order valence-electron chi connectivity index (χ4n) is 3.04. The Balaban J connectivity index is 2.10. The molecule has 0 aliphatic heterocycles. The van der Waals surface area contributed by atoms with E-state index in [-0.39, 0.29) is 23.4 Å². The summed E-state index contributed by atoms with van der Waals surface area (Å²) in [5.74, 6) is 1.28. The maximum Gasteiger partial charge on any atom is 0.243 e. The minimum absolute atomic E-state index is 0.104. The molecule has 2 aromatic carbocycles. The maximum absolute atomic E-state index is 12.8. The molecule has 1 N–H and O–H groups in total. The molecule has 2 rings (SSSR count). The van der Waals surface area contributed by atoms with E-state index in [0.29, 0.717) is 11.7 Å². The van der Waals surface area contributed by atoms with Gasteiger partial charge in [-0.2, -0.15) is 4.31 Å². The molecule has 1 atom stereocenters. The first-order valence-corrected chi connectivity index (χ1v) is 11.1. The predicted molar refractivity (Wildman–Crippen MR) is 116 cm³/mol. The highest BCUT2D eigenvalue weighted by molar-refractivity contribution is 7.89. The number of amides is 1. The lowest BCUT2D eigenvalue weighted by molar-refractivity contribution is -0.122. The summed E-state index contributed by atoms with van der Waals surface area (Å²) in [6.45, 7) is 3.87. The second-order valence-corrected chi connectivity index (χ2v) is 9.50. The SMILES string of the molecule is COc1ccc([C@@H](CC(C)C)NC(=O)CN(C)S(=O)(=O)c2ccc(OC)cc2)cc1. The third-order valence-electron chi connectivity index (χ3n) is 4.69. The molecule has 0 bridgehead atoms. The molecular weight excluding hydrogens is 404 g/mol. The molecule has 0 spiro atoms. The molecule has 30 heavy (non-hydrogen) atoms. The Bertz CT molecular complexity index is 925. The molecule has 0 unspecified atom stereocenters. The zero-order valence-electron chi connectivity index (χ0n) is 18.1. The van der Waals surface area contributed by atoms with Crippen LogP contribution in [0.3, 0.4) is 0 Å². The Labute approximate surface area is 179 Å². The van der Waals surface area contributed by atoms with Crippen molar-refractivity contribution in [2.24, 2.45) is 5.92 Å². The van der Waals surface area contributed by atoms with Gasteiger partial charge in [-0.1, -0.05) is 26.0 Å². The summed E-state index contributed by atoms with van der Waals surface area (Å²) in [5.41, 5.74) is 0.943. The summed E-state index contributed by atoms with van der Waals surface area (Å²) in [6, 6.07) is 13.3. The van der Waals surface area contributed by atoms with E-state index in [2.05, 4.69) is 19.2 Å². The van der Waals surface area contributed by atoms with E-state index >= 15 is 0 Å². The van der Waals surface area contributed by atoms with Crippen molar-refractivity contribution in [3.8, 4) is 11.5 Å². The van der Waals surface area contributed by atoms with Crippen LogP contribution in [0.4, 0.5) is 0 Å². The van der Waals surface area contributed by atoms with Gasteiger partial charge in [0.2, 0.25) is 15.9 Å². The molecule has 0 saturated carbocycles. The van der Waals surface area contributed by atoms with Crippen LogP contribution in [0.25, 0.3) is 0 Å². The van der Waals surface area contributed by atoms with Crippen molar-refractivity contribution >= 4 is 15.9 Å². The zero-order valence-corrected chi connectivity index (χ0v) is 18.9. The van der Waals surface area contributed by atoms with Crippen LogP contribution in [0.2, 0.25) is 0 Å². The molecule has 0 aliphatic carbocycles. The third-order valence-corrected chi connectivity index (χ3v) is 6.51. The van der Waals surface area contributed by atoms with E-state index in [9.17, 15) is 13.2 Å². The van der Waals surface area contributed by atoms with Crippen molar-refractivity contribution in [2.75, 3.05) is 27.8 Å². The first-order valence-electron chi connectivity index (χ1n) is 9.71. The number of nitrogens with zero attached hydrogens (tertiary/aromatic N) is 1. The molecular formula is C22H30N2O5S. The quantitative estimate of drug-likeness (QED) is 0.621. The minimum atomic E-state index is -3.79. The summed E-state index contributed by atoms with van der Waals surface area (Å²) in [4.78, 5) is 12.8. The second kappa shape index (κ2) is 10.4. The molecule has 0 saturated heterocycles. The van der Waals surface area contributed by atoms with Crippen molar-refractivity contribution in [1.29, 1.82) is 0 Å². The molecule has 0 fully saturated rings. The molecule has 7 nitrogen and oxygen atoms in total. The standard InChI is InChI=1S/C22H30N2O5S/c1-16(2)14-21(17-6-8-18(28-4)9-7-17)23-22(25)15-24(3)30(26,27)20-12-10-19(29-5)11-13-20/h6-13,16,21H,14-15H2,1-5H3,(H,23,25)/t21-/m1/s1. The van der Waals surface area contributed by atoms with Gasteiger partial charge in [-0.25, -0.2) is 8.42 Å². The van der Waals surface area contributed by atoms with Crippen LogP contribution >= 0.6 is 0 Å². The van der Waals surface area contributed by atoms with Crippen LogP contribution < -0.4 is 14.8 Å². The summed E-state index contributed by atoms with van der Waals surface area (Å²) in [7, 11) is 0.711. The number of rotatable bonds is 10. The Morgan fingerprint density at radius 2 is 1.47 bits per heavy atom. The number of ether oxygens (including phenoxy) is 2. The summed E-state index contributed by atoms with van der Waals surface area (Å²) in [6.07, 6.45) is 0.729. The number of hydrogen-bond acceptors (Lipinski definition) is 5. The molecule has 0 radical (unpaired) electrons. The third kappa shape index (κ3) is 6.21. The number of sulfonamides is 1. The number of carbonyl (C=O) groups excluding carboxylic acids is 1. The predicted octanol–water partition coefficient (Wildman–Crippen LogP) is 3.23. The van der Waals surface area contributed by atoms with Gasteiger partial charge in [0, 0.05) is 7.05 Å². The second-order valence-electron chi connectivity index (χ2n) is 7.46.